The maximum atomic E-state index is 11.2. The third-order valence-corrected chi connectivity index (χ3v) is 2.73. The monoisotopic (exact) mass is 300 g/mol. The van der Waals surface area contributed by atoms with Gasteiger partial charge in [0.25, 0.3) is 0 Å². The average molecular weight is 301 g/mol. The van der Waals surface area contributed by atoms with Crippen LogP contribution in [-0.2, 0) is 15.8 Å². The summed E-state index contributed by atoms with van der Waals surface area (Å²) in [5.74, 6) is -0.675. The number of benzene rings is 1. The maximum absolute atomic E-state index is 11.2. The van der Waals surface area contributed by atoms with Gasteiger partial charge in [-0.25, -0.2) is 4.79 Å². The smallest absolute Gasteiger partial charge is 0.768 e. The van der Waals surface area contributed by atoms with Crippen molar-refractivity contribution in [2.45, 2.75) is 4.90 Å². The van der Waals surface area contributed by atoms with E-state index in [9.17, 15) is 13.6 Å². The van der Waals surface area contributed by atoms with E-state index in [-0.39, 0.29) is 40.0 Å². The molecule has 1 aromatic rings. The van der Waals surface area contributed by atoms with E-state index in [1.165, 1.54) is 25.3 Å². The molecule has 0 amide bonds. The van der Waals surface area contributed by atoms with Gasteiger partial charge in [-0.3, -0.25) is 4.21 Å². The second-order valence-corrected chi connectivity index (χ2v) is 4.19. The van der Waals surface area contributed by atoms with Gasteiger partial charge < -0.3 is 9.29 Å². The Balaban J connectivity index is 0.00000196. The molecule has 7 heteroatoms. The molecule has 0 saturated carbocycles. The van der Waals surface area contributed by atoms with Crippen LogP contribution >= 0.6 is 15.9 Å². The third kappa shape index (κ3) is 3.97. The molecule has 0 heterocycles. The molecule has 4 nitrogen and oxygen atoms in total. The van der Waals surface area contributed by atoms with Gasteiger partial charge in [0, 0.05) is 9.37 Å². The van der Waals surface area contributed by atoms with Crippen molar-refractivity contribution in [2.24, 2.45) is 0 Å². The second-order valence-electron chi connectivity index (χ2n) is 2.37. The van der Waals surface area contributed by atoms with E-state index >= 15 is 0 Å². The summed E-state index contributed by atoms with van der Waals surface area (Å²) in [4.78, 5) is 11.1. The van der Waals surface area contributed by atoms with Gasteiger partial charge in [-0.15, -0.1) is 0 Å². The molecular formula is C8H6BrNaO4S. The number of carbonyl (C=O) groups excluding carboxylic acids is 1. The minimum absolute atomic E-state index is 0. The summed E-state index contributed by atoms with van der Waals surface area (Å²) in [6.45, 7) is 0. The van der Waals surface area contributed by atoms with Crippen molar-refractivity contribution in [1.29, 1.82) is 0 Å². The van der Waals surface area contributed by atoms with E-state index in [0.717, 1.165) is 0 Å². The summed E-state index contributed by atoms with van der Waals surface area (Å²) in [7, 11) is 1.20. The molecule has 0 fully saturated rings. The van der Waals surface area contributed by atoms with Gasteiger partial charge in [0.15, 0.2) is 0 Å². The van der Waals surface area contributed by atoms with Crippen LogP contribution in [0.3, 0.4) is 0 Å². The van der Waals surface area contributed by atoms with Crippen molar-refractivity contribution >= 4 is 33.0 Å². The number of hydrogen-bond acceptors (Lipinski definition) is 4. The van der Waals surface area contributed by atoms with E-state index in [1.807, 2.05) is 0 Å². The Morgan fingerprint density at radius 2 is 2.13 bits per heavy atom. The summed E-state index contributed by atoms with van der Waals surface area (Å²) >= 11 is 0.692. The van der Waals surface area contributed by atoms with Crippen LogP contribution in [0.5, 0.6) is 0 Å². The molecule has 1 aromatic carbocycles. The van der Waals surface area contributed by atoms with Gasteiger partial charge in [0.2, 0.25) is 0 Å². The molecular weight excluding hydrogens is 295 g/mol. The van der Waals surface area contributed by atoms with Gasteiger partial charge in [0.05, 0.1) is 12.7 Å². The zero-order chi connectivity index (χ0) is 10.7. The number of carbonyl (C=O) groups is 1. The van der Waals surface area contributed by atoms with Crippen LogP contribution < -0.4 is 29.6 Å². The zero-order valence-electron chi connectivity index (χ0n) is 8.15. The first kappa shape index (κ1) is 15.3. The molecule has 76 valence electrons. The number of rotatable bonds is 2. The Morgan fingerprint density at radius 1 is 1.53 bits per heavy atom. The van der Waals surface area contributed by atoms with Crippen LogP contribution in [0.1, 0.15) is 10.4 Å². The predicted molar refractivity (Wildman–Crippen MR) is 52.7 cm³/mol. The van der Waals surface area contributed by atoms with Crippen molar-refractivity contribution in [2.75, 3.05) is 7.11 Å². The van der Waals surface area contributed by atoms with Gasteiger partial charge in [-0.05, 0) is 29.3 Å². The Hall–Kier alpha value is 0.280. The third-order valence-electron chi connectivity index (χ3n) is 1.53. The maximum Gasteiger partial charge on any atom is 1.00 e. The number of ether oxygens (including phenoxy) is 1. The first-order valence-electron chi connectivity index (χ1n) is 3.53. The predicted octanol–water partition coefficient (Wildman–Crippen LogP) is -1.52. The molecule has 0 N–H and O–H groups in total. The Kier molecular flexibility index (Phi) is 6.90. The van der Waals surface area contributed by atoms with Gasteiger partial charge in [-0.1, -0.05) is 15.9 Å². The topological polar surface area (TPSA) is 66.4 Å². The molecule has 0 aromatic heterocycles. The fourth-order valence-corrected chi connectivity index (χ4v) is 1.78. The van der Waals surface area contributed by atoms with E-state index in [2.05, 4.69) is 20.7 Å². The molecule has 0 aliphatic heterocycles. The van der Waals surface area contributed by atoms with Crippen molar-refractivity contribution in [3.63, 3.8) is 0 Å². The summed E-state index contributed by atoms with van der Waals surface area (Å²) < 4.78 is 26.5. The molecule has 0 spiro atoms. The molecule has 1 unspecified atom stereocenters. The molecule has 0 aliphatic rings. The number of halogens is 1. The summed E-state index contributed by atoms with van der Waals surface area (Å²) in [5.41, 5.74) is 0.0233. The van der Waals surface area contributed by atoms with E-state index in [0.29, 0.717) is 4.47 Å². The van der Waals surface area contributed by atoms with E-state index in [1.54, 1.807) is 0 Å². The van der Waals surface area contributed by atoms with Gasteiger partial charge in [0.1, 0.15) is 0 Å². The second kappa shape index (κ2) is 6.78. The van der Waals surface area contributed by atoms with Crippen molar-refractivity contribution in [3.05, 3.63) is 28.2 Å². The largest absolute Gasteiger partial charge is 1.00 e. The number of methoxy groups -OCH3 is 1. The minimum Gasteiger partial charge on any atom is -0.768 e. The van der Waals surface area contributed by atoms with Crippen LogP contribution in [0.15, 0.2) is 27.6 Å². The summed E-state index contributed by atoms with van der Waals surface area (Å²) in [6, 6.07) is 4.27. The molecule has 15 heavy (non-hydrogen) atoms. The van der Waals surface area contributed by atoms with Crippen molar-refractivity contribution < 1.29 is 47.9 Å². The number of hydrogen-bond donors (Lipinski definition) is 0. The molecule has 1 atom stereocenters. The van der Waals surface area contributed by atoms with Crippen LogP contribution in [0.2, 0.25) is 0 Å². The van der Waals surface area contributed by atoms with E-state index < -0.39 is 17.0 Å². The Morgan fingerprint density at radius 3 is 2.60 bits per heavy atom. The van der Waals surface area contributed by atoms with Crippen LogP contribution in [-0.4, -0.2) is 21.8 Å². The van der Waals surface area contributed by atoms with Crippen molar-refractivity contribution in [3.8, 4) is 0 Å². The summed E-state index contributed by atoms with van der Waals surface area (Å²) in [5, 5.41) is 0. The Labute approximate surface area is 120 Å². The van der Waals surface area contributed by atoms with Gasteiger partial charge in [-0.2, -0.15) is 0 Å². The first-order valence-corrected chi connectivity index (χ1v) is 5.40. The van der Waals surface area contributed by atoms with Crippen LogP contribution in [0.25, 0.3) is 0 Å². The standard InChI is InChI=1S/C8H7BrO4S.Na/c1-13-8(10)6-4-5(9)2-3-7(6)14(11)12;/h2-4H,1H3,(H,11,12);/q;+1/p-1. The van der Waals surface area contributed by atoms with Crippen LogP contribution in [0.4, 0.5) is 0 Å². The zero-order valence-corrected chi connectivity index (χ0v) is 12.6. The molecule has 0 aliphatic carbocycles. The van der Waals surface area contributed by atoms with Crippen molar-refractivity contribution in [1.82, 2.24) is 0 Å². The SMILES string of the molecule is COC(=O)c1cc(Br)ccc1S(=O)[O-].[Na+]. The average Bonchev–Trinajstić information content (AvgIpc) is 2.16. The Bertz CT molecular complexity index is 396. The van der Waals surface area contributed by atoms with Gasteiger partial charge >= 0.3 is 35.5 Å². The first-order chi connectivity index (χ1) is 6.56. The molecule has 0 saturated heterocycles. The quantitative estimate of drug-likeness (QED) is 0.378. The minimum atomic E-state index is -2.44. The number of esters is 1. The van der Waals surface area contributed by atoms with E-state index in [4.69, 9.17) is 0 Å². The van der Waals surface area contributed by atoms with Crippen LogP contribution in [0, 0.1) is 0 Å². The fourth-order valence-electron chi connectivity index (χ4n) is 0.917. The molecule has 1 rings (SSSR count). The molecule has 0 bridgehead atoms. The summed E-state index contributed by atoms with van der Waals surface area (Å²) in [6.07, 6.45) is 0. The molecule has 0 radical (unpaired) electrons. The fraction of sp³-hybridized carbons (Fsp3) is 0.125. The normalized spacial score (nSPS) is 11.4.